The first kappa shape index (κ1) is 20.6. The SMILES string of the molecule is CNS(=O)(=O)c1ccc(CCC(=O)Nc2ccccc2Nc2ccccc2)cc1. The number of para-hydroxylation sites is 3. The second-order valence-corrected chi connectivity index (χ2v) is 8.32. The van der Waals surface area contributed by atoms with Gasteiger partial charge in [-0.3, -0.25) is 4.79 Å². The Kier molecular flexibility index (Phi) is 6.64. The molecule has 0 aliphatic heterocycles. The predicted molar refractivity (Wildman–Crippen MR) is 116 cm³/mol. The van der Waals surface area contributed by atoms with Gasteiger partial charge in [-0.05, 0) is 55.4 Å². The summed E-state index contributed by atoms with van der Waals surface area (Å²) in [6, 6.07) is 23.8. The van der Waals surface area contributed by atoms with Gasteiger partial charge in [0.1, 0.15) is 0 Å². The van der Waals surface area contributed by atoms with Gasteiger partial charge in [0.15, 0.2) is 0 Å². The lowest BCUT2D eigenvalue weighted by molar-refractivity contribution is -0.116. The monoisotopic (exact) mass is 409 g/mol. The number of benzene rings is 3. The molecule has 3 aromatic rings. The topological polar surface area (TPSA) is 87.3 Å². The van der Waals surface area contributed by atoms with Crippen molar-refractivity contribution in [3.8, 4) is 0 Å². The van der Waals surface area contributed by atoms with Gasteiger partial charge in [-0.2, -0.15) is 0 Å². The molecule has 7 heteroatoms. The van der Waals surface area contributed by atoms with Gasteiger partial charge in [0.05, 0.1) is 16.3 Å². The Bertz CT molecular complexity index is 1070. The van der Waals surface area contributed by atoms with Gasteiger partial charge >= 0.3 is 0 Å². The molecule has 3 aromatic carbocycles. The summed E-state index contributed by atoms with van der Waals surface area (Å²) in [6.45, 7) is 0. The largest absolute Gasteiger partial charge is 0.354 e. The van der Waals surface area contributed by atoms with E-state index in [9.17, 15) is 13.2 Å². The Morgan fingerprint density at radius 2 is 1.45 bits per heavy atom. The van der Waals surface area contributed by atoms with Crippen LogP contribution in [0.1, 0.15) is 12.0 Å². The molecule has 0 aliphatic rings. The fraction of sp³-hybridized carbons (Fsp3) is 0.136. The molecule has 0 aliphatic carbocycles. The summed E-state index contributed by atoms with van der Waals surface area (Å²) in [5, 5.41) is 6.24. The van der Waals surface area contributed by atoms with E-state index in [-0.39, 0.29) is 17.2 Å². The number of carbonyl (C=O) groups is 1. The number of amides is 1. The molecule has 0 heterocycles. The van der Waals surface area contributed by atoms with Crippen molar-refractivity contribution in [2.75, 3.05) is 17.7 Å². The van der Waals surface area contributed by atoms with Gasteiger partial charge in [0.25, 0.3) is 0 Å². The summed E-state index contributed by atoms with van der Waals surface area (Å²) in [5.41, 5.74) is 3.35. The zero-order valence-corrected chi connectivity index (χ0v) is 16.9. The smallest absolute Gasteiger partial charge is 0.240 e. The fourth-order valence-corrected chi connectivity index (χ4v) is 3.53. The Labute approximate surface area is 171 Å². The maximum atomic E-state index is 12.4. The lowest BCUT2D eigenvalue weighted by Crippen LogP contribution is -2.18. The Morgan fingerprint density at radius 1 is 0.828 bits per heavy atom. The van der Waals surface area contributed by atoms with Gasteiger partial charge < -0.3 is 10.6 Å². The minimum atomic E-state index is -3.45. The van der Waals surface area contributed by atoms with Crippen LogP contribution in [0, 0.1) is 0 Å². The van der Waals surface area contributed by atoms with E-state index >= 15 is 0 Å². The van der Waals surface area contributed by atoms with Gasteiger partial charge in [0.2, 0.25) is 15.9 Å². The van der Waals surface area contributed by atoms with Crippen LogP contribution in [0.4, 0.5) is 17.1 Å². The first-order chi connectivity index (χ1) is 14.0. The van der Waals surface area contributed by atoms with Crippen LogP contribution in [-0.2, 0) is 21.2 Å². The van der Waals surface area contributed by atoms with E-state index in [2.05, 4.69) is 15.4 Å². The number of sulfonamides is 1. The highest BCUT2D eigenvalue weighted by atomic mass is 32.2. The lowest BCUT2D eigenvalue weighted by atomic mass is 10.1. The normalized spacial score (nSPS) is 11.1. The second kappa shape index (κ2) is 9.36. The molecule has 3 N–H and O–H groups in total. The quantitative estimate of drug-likeness (QED) is 0.526. The van der Waals surface area contributed by atoms with Crippen LogP contribution < -0.4 is 15.4 Å². The van der Waals surface area contributed by atoms with E-state index in [1.165, 1.54) is 19.2 Å². The number of aryl methyl sites for hydroxylation is 1. The van der Waals surface area contributed by atoms with E-state index in [0.29, 0.717) is 12.1 Å². The number of carbonyl (C=O) groups excluding carboxylic acids is 1. The van der Waals surface area contributed by atoms with Crippen LogP contribution in [0.25, 0.3) is 0 Å². The summed E-state index contributed by atoms with van der Waals surface area (Å²) >= 11 is 0. The maximum absolute atomic E-state index is 12.4. The van der Waals surface area contributed by atoms with Crippen molar-refractivity contribution in [1.29, 1.82) is 0 Å². The summed E-state index contributed by atoms with van der Waals surface area (Å²) in [4.78, 5) is 12.6. The highest BCUT2D eigenvalue weighted by molar-refractivity contribution is 7.89. The summed E-state index contributed by atoms with van der Waals surface area (Å²) < 4.78 is 25.8. The van der Waals surface area contributed by atoms with Crippen molar-refractivity contribution in [3.05, 3.63) is 84.4 Å². The molecule has 0 atom stereocenters. The highest BCUT2D eigenvalue weighted by Gasteiger charge is 2.11. The van der Waals surface area contributed by atoms with Crippen molar-refractivity contribution in [1.82, 2.24) is 4.72 Å². The molecule has 0 bridgehead atoms. The Hall–Kier alpha value is -3.16. The van der Waals surface area contributed by atoms with E-state index in [0.717, 1.165) is 16.9 Å². The summed E-state index contributed by atoms with van der Waals surface area (Å²) in [7, 11) is -2.08. The second-order valence-electron chi connectivity index (χ2n) is 6.44. The molecule has 0 spiro atoms. The first-order valence-electron chi connectivity index (χ1n) is 9.21. The van der Waals surface area contributed by atoms with E-state index in [1.54, 1.807) is 12.1 Å². The molecule has 6 nitrogen and oxygen atoms in total. The van der Waals surface area contributed by atoms with Crippen molar-refractivity contribution in [2.45, 2.75) is 17.7 Å². The Balaban J connectivity index is 1.60. The van der Waals surface area contributed by atoms with Crippen LogP contribution in [0.3, 0.4) is 0 Å². The third-order valence-corrected chi connectivity index (χ3v) is 5.83. The fourth-order valence-electron chi connectivity index (χ4n) is 2.80. The van der Waals surface area contributed by atoms with E-state index in [4.69, 9.17) is 0 Å². The molecule has 1 amide bonds. The maximum Gasteiger partial charge on any atom is 0.240 e. The molecule has 0 unspecified atom stereocenters. The van der Waals surface area contributed by atoms with Gasteiger partial charge in [0, 0.05) is 12.1 Å². The molecule has 3 rings (SSSR count). The van der Waals surface area contributed by atoms with Crippen LogP contribution in [0.2, 0.25) is 0 Å². The molecule has 0 fully saturated rings. The van der Waals surface area contributed by atoms with Crippen molar-refractivity contribution in [3.63, 3.8) is 0 Å². The number of hydrogen-bond donors (Lipinski definition) is 3. The average molecular weight is 410 g/mol. The zero-order valence-electron chi connectivity index (χ0n) is 16.1. The van der Waals surface area contributed by atoms with Gasteiger partial charge in [-0.15, -0.1) is 0 Å². The minimum absolute atomic E-state index is 0.112. The zero-order chi connectivity index (χ0) is 20.7. The van der Waals surface area contributed by atoms with Gasteiger partial charge in [-0.25, -0.2) is 13.1 Å². The van der Waals surface area contributed by atoms with E-state index in [1.807, 2.05) is 54.6 Å². The molecule has 150 valence electrons. The molecule has 0 radical (unpaired) electrons. The van der Waals surface area contributed by atoms with Crippen LogP contribution >= 0.6 is 0 Å². The minimum Gasteiger partial charge on any atom is -0.354 e. The van der Waals surface area contributed by atoms with Crippen molar-refractivity contribution in [2.24, 2.45) is 0 Å². The number of nitrogens with one attached hydrogen (secondary N) is 3. The molecule has 29 heavy (non-hydrogen) atoms. The van der Waals surface area contributed by atoms with Crippen LogP contribution in [0.15, 0.2) is 83.8 Å². The predicted octanol–water partition coefficient (Wildman–Crippen LogP) is 3.91. The lowest BCUT2D eigenvalue weighted by Gasteiger charge is -2.13. The Morgan fingerprint density at radius 3 is 2.10 bits per heavy atom. The third-order valence-electron chi connectivity index (χ3n) is 4.40. The molecule has 0 aromatic heterocycles. The summed E-state index contributed by atoms with van der Waals surface area (Å²) in [5.74, 6) is -0.112. The standard InChI is InChI=1S/C22H23N3O3S/c1-23-29(27,28)19-14-11-17(12-15-19)13-16-22(26)25-21-10-6-5-9-20(21)24-18-7-3-2-4-8-18/h2-12,14-15,23-24H,13,16H2,1H3,(H,25,26). The number of rotatable bonds is 8. The van der Waals surface area contributed by atoms with E-state index < -0.39 is 10.0 Å². The molecule has 0 saturated carbocycles. The number of hydrogen-bond acceptors (Lipinski definition) is 4. The third kappa shape index (κ3) is 5.66. The molecule has 0 saturated heterocycles. The van der Waals surface area contributed by atoms with Crippen molar-refractivity contribution < 1.29 is 13.2 Å². The first-order valence-corrected chi connectivity index (χ1v) is 10.7. The molecular weight excluding hydrogens is 386 g/mol. The van der Waals surface area contributed by atoms with Crippen LogP contribution in [-0.4, -0.2) is 21.4 Å². The van der Waals surface area contributed by atoms with Crippen LogP contribution in [0.5, 0.6) is 0 Å². The number of anilines is 3. The van der Waals surface area contributed by atoms with Crippen molar-refractivity contribution >= 4 is 33.0 Å². The average Bonchev–Trinajstić information content (AvgIpc) is 2.75. The summed E-state index contributed by atoms with van der Waals surface area (Å²) in [6.07, 6.45) is 0.803. The molecular formula is C22H23N3O3S. The van der Waals surface area contributed by atoms with Gasteiger partial charge in [-0.1, -0.05) is 42.5 Å². The highest BCUT2D eigenvalue weighted by Crippen LogP contribution is 2.25.